The topological polar surface area (TPSA) is 107 Å². The summed E-state index contributed by atoms with van der Waals surface area (Å²) in [6.45, 7) is 9.59. The summed E-state index contributed by atoms with van der Waals surface area (Å²) in [5.41, 5.74) is 3.82. The van der Waals surface area contributed by atoms with Gasteiger partial charge in [0.2, 0.25) is 0 Å². The predicted molar refractivity (Wildman–Crippen MR) is 142 cm³/mol. The highest BCUT2D eigenvalue weighted by atomic mass is 32.2. The second-order valence-electron chi connectivity index (χ2n) is 9.26. The minimum Gasteiger partial charge on any atom is -0.478 e. The minimum atomic E-state index is -1.26. The molecule has 2 N–H and O–H groups in total. The molecule has 1 atom stereocenters. The number of carbonyl (C=O) groups excluding carboxylic acids is 1. The van der Waals surface area contributed by atoms with Crippen LogP contribution in [0.1, 0.15) is 49.4 Å². The fraction of sp³-hybridized carbons (Fsp3) is 0.393. The first kappa shape index (κ1) is 29.2. The first-order valence-electron chi connectivity index (χ1n) is 12.5. The van der Waals surface area contributed by atoms with Gasteiger partial charge in [-0.15, -0.1) is 0 Å². The van der Waals surface area contributed by atoms with Crippen molar-refractivity contribution >= 4 is 29.8 Å². The third-order valence-corrected chi connectivity index (χ3v) is 7.56. The first-order chi connectivity index (χ1) is 18.1. The lowest BCUT2D eigenvalue weighted by Crippen LogP contribution is -2.50. The average Bonchev–Trinajstić information content (AvgIpc) is 3.04. The highest BCUT2D eigenvalue weighted by molar-refractivity contribution is 7.99. The summed E-state index contributed by atoms with van der Waals surface area (Å²) >= 11 is 1.67. The van der Waals surface area contributed by atoms with Gasteiger partial charge in [-0.3, -0.25) is 4.90 Å². The van der Waals surface area contributed by atoms with Gasteiger partial charge in [0.25, 0.3) is 0 Å². The van der Waals surface area contributed by atoms with Gasteiger partial charge in [-0.25, -0.2) is 18.8 Å². The van der Waals surface area contributed by atoms with Crippen molar-refractivity contribution in [1.29, 1.82) is 0 Å². The van der Waals surface area contributed by atoms with Gasteiger partial charge in [0.05, 0.1) is 6.61 Å². The van der Waals surface area contributed by atoms with Crippen LogP contribution in [0.5, 0.6) is 0 Å². The zero-order chi connectivity index (χ0) is 27.8. The molecular formula is C28H33FN2O6S. The largest absolute Gasteiger partial charge is 0.478 e. The second kappa shape index (κ2) is 13.4. The van der Waals surface area contributed by atoms with Gasteiger partial charge in [-0.05, 0) is 54.2 Å². The maximum atomic E-state index is 13.9. The Morgan fingerprint density at radius 1 is 1.03 bits per heavy atom. The normalized spacial score (nSPS) is 17.2. The lowest BCUT2D eigenvalue weighted by atomic mass is 9.93. The molecule has 10 heteroatoms. The Labute approximate surface area is 226 Å². The molecule has 0 radical (unpaired) electrons. The number of piperazine rings is 1. The number of nitrogens with zero attached hydrogens (tertiary/aromatic N) is 2. The van der Waals surface area contributed by atoms with E-state index < -0.39 is 11.9 Å². The Balaban J connectivity index is 0.000000436. The molecule has 2 heterocycles. The Hall–Kier alpha value is -3.37. The maximum Gasteiger partial charge on any atom is 0.409 e. The van der Waals surface area contributed by atoms with Crippen LogP contribution in [0.25, 0.3) is 0 Å². The van der Waals surface area contributed by atoms with Crippen molar-refractivity contribution in [1.82, 2.24) is 9.80 Å². The fourth-order valence-electron chi connectivity index (χ4n) is 4.41. The highest BCUT2D eigenvalue weighted by Gasteiger charge is 2.32. The molecule has 2 aromatic rings. The smallest absolute Gasteiger partial charge is 0.409 e. The number of benzene rings is 2. The van der Waals surface area contributed by atoms with Crippen LogP contribution in [0, 0.1) is 5.82 Å². The van der Waals surface area contributed by atoms with Crippen molar-refractivity contribution in [2.45, 2.75) is 48.9 Å². The molecule has 2 aliphatic rings. The molecular weight excluding hydrogens is 511 g/mol. The second-order valence-corrected chi connectivity index (χ2v) is 10.3. The van der Waals surface area contributed by atoms with Gasteiger partial charge >= 0.3 is 18.0 Å². The standard InChI is InChI=1S/C24H29FN2O2S.C4H4O4/c1-4-29-24(28)27-11-9-26(10-12-27)21-14-18-5-7-19(25)15-23(18)30-22-8-6-17(16(2)3)13-20(21)22;5-3(6)1-2-4(7)8/h5-8,13,15-16,21H,4,9-12,14H2,1-3H3;1-2H,(H,5,6)(H,7,8)/b;2-1-. The molecule has 0 saturated carbocycles. The molecule has 0 bridgehead atoms. The van der Waals surface area contributed by atoms with E-state index in [9.17, 15) is 18.8 Å². The van der Waals surface area contributed by atoms with Crippen LogP contribution in [0.3, 0.4) is 0 Å². The van der Waals surface area contributed by atoms with Crippen molar-refractivity contribution in [3.05, 3.63) is 71.1 Å². The molecule has 38 heavy (non-hydrogen) atoms. The molecule has 1 unspecified atom stereocenters. The molecule has 2 aromatic carbocycles. The number of aliphatic carboxylic acids is 2. The number of amides is 1. The molecule has 1 amide bonds. The molecule has 1 saturated heterocycles. The number of hydrogen-bond donors (Lipinski definition) is 2. The van der Waals surface area contributed by atoms with E-state index in [1.54, 1.807) is 28.8 Å². The Kier molecular flexibility index (Phi) is 10.3. The number of ether oxygens (including phenoxy) is 1. The Morgan fingerprint density at radius 2 is 1.68 bits per heavy atom. The van der Waals surface area contributed by atoms with E-state index in [2.05, 4.69) is 36.9 Å². The zero-order valence-corrected chi connectivity index (χ0v) is 22.5. The summed E-state index contributed by atoms with van der Waals surface area (Å²) in [7, 11) is 0. The van der Waals surface area contributed by atoms with E-state index in [1.807, 2.05) is 13.0 Å². The van der Waals surface area contributed by atoms with Crippen LogP contribution >= 0.6 is 11.8 Å². The van der Waals surface area contributed by atoms with Gasteiger partial charge in [0.1, 0.15) is 5.82 Å². The summed E-state index contributed by atoms with van der Waals surface area (Å²) in [5.74, 6) is -2.26. The van der Waals surface area contributed by atoms with E-state index in [1.165, 1.54) is 21.6 Å². The maximum absolute atomic E-state index is 13.9. The van der Waals surface area contributed by atoms with Crippen LogP contribution in [0.2, 0.25) is 0 Å². The molecule has 8 nitrogen and oxygen atoms in total. The van der Waals surface area contributed by atoms with Gasteiger partial charge < -0.3 is 19.8 Å². The number of rotatable bonds is 5. The lowest BCUT2D eigenvalue weighted by molar-refractivity contribution is -0.134. The van der Waals surface area contributed by atoms with Crippen molar-refractivity contribution in [3.8, 4) is 0 Å². The number of carboxylic acids is 2. The zero-order valence-electron chi connectivity index (χ0n) is 21.7. The van der Waals surface area contributed by atoms with Crippen LogP contribution in [-0.2, 0) is 20.7 Å². The summed E-state index contributed by atoms with van der Waals surface area (Å²) in [6, 6.07) is 12.1. The van der Waals surface area contributed by atoms with E-state index >= 15 is 0 Å². The summed E-state index contributed by atoms with van der Waals surface area (Å²) in [6.07, 6.45) is 1.73. The number of carboxylic acid groups (broad SMARTS) is 2. The van der Waals surface area contributed by atoms with Crippen molar-refractivity contribution in [2.24, 2.45) is 0 Å². The summed E-state index contributed by atoms with van der Waals surface area (Å²) in [4.78, 5) is 37.7. The van der Waals surface area contributed by atoms with Gasteiger partial charge in [-0.2, -0.15) is 0 Å². The summed E-state index contributed by atoms with van der Waals surface area (Å²) in [5, 5.41) is 15.6. The van der Waals surface area contributed by atoms with E-state index in [-0.39, 0.29) is 18.0 Å². The average molecular weight is 545 g/mol. The van der Waals surface area contributed by atoms with Crippen molar-refractivity contribution in [2.75, 3.05) is 32.8 Å². The monoisotopic (exact) mass is 544 g/mol. The Morgan fingerprint density at radius 3 is 2.26 bits per heavy atom. The quantitative estimate of drug-likeness (QED) is 0.496. The molecule has 1 fully saturated rings. The van der Waals surface area contributed by atoms with Gasteiger partial charge in [0, 0.05) is 54.2 Å². The van der Waals surface area contributed by atoms with Crippen molar-refractivity contribution < 1.29 is 33.7 Å². The number of carbonyl (C=O) groups is 3. The predicted octanol–water partition coefficient (Wildman–Crippen LogP) is 5.18. The number of hydrogen-bond acceptors (Lipinski definition) is 6. The van der Waals surface area contributed by atoms with Crippen LogP contribution < -0.4 is 0 Å². The number of fused-ring (bicyclic) bond motifs is 2. The molecule has 204 valence electrons. The molecule has 4 rings (SSSR count). The van der Waals surface area contributed by atoms with Gasteiger partial charge in [0.15, 0.2) is 0 Å². The summed E-state index contributed by atoms with van der Waals surface area (Å²) < 4.78 is 19.1. The fourth-order valence-corrected chi connectivity index (χ4v) is 5.55. The SMILES string of the molecule is CCOC(=O)N1CCN(C2Cc3ccc(F)cc3Sc3ccc(C(C)C)cc32)CC1.O=C(O)/C=C\C(=O)O. The van der Waals surface area contributed by atoms with E-state index in [0.29, 0.717) is 37.8 Å². The molecule has 2 aliphatic heterocycles. The van der Waals surface area contributed by atoms with Gasteiger partial charge in [-0.1, -0.05) is 43.8 Å². The molecule has 0 spiro atoms. The van der Waals surface area contributed by atoms with Crippen LogP contribution in [0.15, 0.2) is 58.3 Å². The third kappa shape index (κ3) is 7.82. The van der Waals surface area contributed by atoms with Crippen LogP contribution in [0.4, 0.5) is 9.18 Å². The van der Waals surface area contributed by atoms with Crippen LogP contribution in [-0.4, -0.2) is 70.8 Å². The van der Waals surface area contributed by atoms with Crippen molar-refractivity contribution in [3.63, 3.8) is 0 Å². The highest BCUT2D eigenvalue weighted by Crippen LogP contribution is 2.44. The molecule has 0 aliphatic carbocycles. The third-order valence-electron chi connectivity index (χ3n) is 6.37. The lowest BCUT2D eigenvalue weighted by Gasteiger charge is -2.39. The first-order valence-corrected chi connectivity index (χ1v) is 13.3. The molecule has 0 aromatic heterocycles. The number of halogens is 1. The van der Waals surface area contributed by atoms with E-state index in [0.717, 1.165) is 24.4 Å². The minimum absolute atomic E-state index is 0.192. The van der Waals surface area contributed by atoms with E-state index in [4.69, 9.17) is 14.9 Å². The Bertz CT molecular complexity index is 1180.